The Labute approximate surface area is 118 Å². The van der Waals surface area contributed by atoms with Crippen LogP contribution in [0.1, 0.15) is 17.3 Å². The summed E-state index contributed by atoms with van der Waals surface area (Å²) in [6.45, 7) is 1.92. The fourth-order valence-electron chi connectivity index (χ4n) is 2.35. The number of carbonyl (C=O) groups is 1. The number of nitrogen functional groups attached to an aromatic ring is 1. The first-order valence-corrected chi connectivity index (χ1v) is 8.11. The lowest BCUT2D eigenvalue weighted by molar-refractivity contribution is 0.0709. The number of ether oxygens (including phenoxy) is 1. The van der Waals surface area contributed by atoms with Gasteiger partial charge >= 0.3 is 0 Å². The van der Waals surface area contributed by atoms with Gasteiger partial charge in [-0.25, -0.2) is 8.42 Å². The van der Waals surface area contributed by atoms with Crippen LogP contribution in [0.5, 0.6) is 5.75 Å². The van der Waals surface area contributed by atoms with Crippen LogP contribution in [0.15, 0.2) is 18.2 Å². The fourth-order valence-corrected chi connectivity index (χ4v) is 3.90. The lowest BCUT2D eigenvalue weighted by Crippen LogP contribution is -2.49. The summed E-state index contributed by atoms with van der Waals surface area (Å²) in [5, 5.41) is 0. The van der Waals surface area contributed by atoms with Gasteiger partial charge in [0.2, 0.25) is 0 Å². The Bertz CT molecular complexity index is 627. The maximum absolute atomic E-state index is 12.5. The summed E-state index contributed by atoms with van der Waals surface area (Å²) in [5.74, 6) is 0.165. The summed E-state index contributed by atoms with van der Waals surface area (Å²) in [6, 6.07) is 4.48. The quantitative estimate of drug-likeness (QED) is 0.805. The van der Waals surface area contributed by atoms with Gasteiger partial charge in [0.25, 0.3) is 5.91 Å². The molecule has 1 aliphatic heterocycles. The predicted octanol–water partition coefficient (Wildman–Crippen LogP) is 0.537. The molecule has 0 radical (unpaired) electrons. The van der Waals surface area contributed by atoms with Crippen LogP contribution >= 0.6 is 0 Å². The molecule has 2 N–H and O–H groups in total. The third-order valence-corrected chi connectivity index (χ3v) is 5.18. The van der Waals surface area contributed by atoms with E-state index in [4.69, 9.17) is 10.5 Å². The number of hydrogen-bond acceptors (Lipinski definition) is 5. The molecule has 110 valence electrons. The highest BCUT2D eigenvalue weighted by Gasteiger charge is 2.32. The topological polar surface area (TPSA) is 89.7 Å². The van der Waals surface area contributed by atoms with E-state index in [1.807, 2.05) is 0 Å². The van der Waals surface area contributed by atoms with Gasteiger partial charge < -0.3 is 15.4 Å². The predicted molar refractivity (Wildman–Crippen MR) is 76.6 cm³/mol. The minimum absolute atomic E-state index is 0.00624. The minimum Gasteiger partial charge on any atom is -0.496 e. The SMILES string of the molecule is COc1ccc(N)cc1C(=O)N1CCS(=O)(=O)CC1C. The average molecular weight is 298 g/mol. The number of sulfone groups is 1. The van der Waals surface area contributed by atoms with Crippen molar-refractivity contribution in [3.8, 4) is 5.75 Å². The van der Waals surface area contributed by atoms with Crippen molar-refractivity contribution in [3.63, 3.8) is 0 Å². The minimum atomic E-state index is -3.05. The smallest absolute Gasteiger partial charge is 0.257 e. The zero-order valence-electron chi connectivity index (χ0n) is 11.5. The summed E-state index contributed by atoms with van der Waals surface area (Å²) in [6.07, 6.45) is 0. The van der Waals surface area contributed by atoms with Gasteiger partial charge in [-0.05, 0) is 25.1 Å². The first kappa shape index (κ1) is 14.6. The highest BCUT2D eigenvalue weighted by Crippen LogP contribution is 2.24. The van der Waals surface area contributed by atoms with Crippen molar-refractivity contribution in [1.29, 1.82) is 0 Å². The largest absolute Gasteiger partial charge is 0.496 e. The zero-order chi connectivity index (χ0) is 14.9. The molecule has 1 heterocycles. The molecule has 1 aromatic rings. The number of carbonyl (C=O) groups excluding carboxylic acids is 1. The first-order chi connectivity index (χ1) is 9.34. The standard InChI is InChI=1S/C13H18N2O4S/c1-9-8-20(17,18)6-5-15(9)13(16)11-7-10(14)3-4-12(11)19-2/h3-4,7,9H,5-6,8,14H2,1-2H3. The Morgan fingerprint density at radius 2 is 2.15 bits per heavy atom. The van der Waals surface area contributed by atoms with Crippen molar-refractivity contribution in [2.24, 2.45) is 0 Å². The molecule has 1 fully saturated rings. The normalized spacial score (nSPS) is 21.5. The van der Waals surface area contributed by atoms with E-state index in [2.05, 4.69) is 0 Å². The number of methoxy groups -OCH3 is 1. The Hall–Kier alpha value is -1.76. The molecule has 0 aromatic heterocycles. The molecule has 0 spiro atoms. The summed E-state index contributed by atoms with van der Waals surface area (Å²) in [5.41, 5.74) is 6.53. The number of anilines is 1. The van der Waals surface area contributed by atoms with Crippen molar-refractivity contribution >= 4 is 21.4 Å². The van der Waals surface area contributed by atoms with E-state index < -0.39 is 9.84 Å². The molecule has 0 saturated carbocycles. The number of nitrogens with zero attached hydrogens (tertiary/aromatic N) is 1. The van der Waals surface area contributed by atoms with Crippen LogP contribution in [0.25, 0.3) is 0 Å². The van der Waals surface area contributed by atoms with Crippen LogP contribution in [-0.2, 0) is 9.84 Å². The molecule has 2 rings (SSSR count). The molecule has 7 heteroatoms. The molecule has 1 saturated heterocycles. The van der Waals surface area contributed by atoms with Gasteiger partial charge in [0.15, 0.2) is 9.84 Å². The van der Waals surface area contributed by atoms with Gasteiger partial charge in [0.05, 0.1) is 24.2 Å². The van der Waals surface area contributed by atoms with Gasteiger partial charge in [-0.1, -0.05) is 0 Å². The number of hydrogen-bond donors (Lipinski definition) is 1. The van der Waals surface area contributed by atoms with E-state index in [1.165, 1.54) is 7.11 Å². The third kappa shape index (κ3) is 2.87. The summed E-state index contributed by atoms with van der Waals surface area (Å²) in [4.78, 5) is 14.1. The maximum Gasteiger partial charge on any atom is 0.257 e. The lowest BCUT2D eigenvalue weighted by atomic mass is 10.1. The number of nitrogens with two attached hydrogens (primary N) is 1. The summed E-state index contributed by atoms with van der Waals surface area (Å²) < 4.78 is 28.3. The Kier molecular flexibility index (Phi) is 3.89. The second kappa shape index (κ2) is 5.32. The molecular formula is C13H18N2O4S. The van der Waals surface area contributed by atoms with Crippen molar-refractivity contribution in [2.75, 3.05) is 30.9 Å². The van der Waals surface area contributed by atoms with E-state index in [-0.39, 0.29) is 30.0 Å². The van der Waals surface area contributed by atoms with Crippen molar-refractivity contribution in [2.45, 2.75) is 13.0 Å². The van der Waals surface area contributed by atoms with E-state index in [1.54, 1.807) is 30.0 Å². The van der Waals surface area contributed by atoms with Gasteiger partial charge in [-0.15, -0.1) is 0 Å². The van der Waals surface area contributed by atoms with Gasteiger partial charge in [0.1, 0.15) is 5.75 Å². The molecule has 1 unspecified atom stereocenters. The lowest BCUT2D eigenvalue weighted by Gasteiger charge is -2.33. The second-order valence-corrected chi connectivity index (χ2v) is 7.15. The van der Waals surface area contributed by atoms with Crippen molar-refractivity contribution in [3.05, 3.63) is 23.8 Å². The molecule has 0 aliphatic carbocycles. The molecular weight excluding hydrogens is 280 g/mol. The van der Waals surface area contributed by atoms with E-state index in [0.717, 1.165) is 0 Å². The van der Waals surface area contributed by atoms with E-state index in [0.29, 0.717) is 17.0 Å². The fraction of sp³-hybridized carbons (Fsp3) is 0.462. The Morgan fingerprint density at radius 3 is 2.75 bits per heavy atom. The van der Waals surface area contributed by atoms with Crippen LogP contribution in [-0.4, -0.2) is 50.4 Å². The van der Waals surface area contributed by atoms with E-state index in [9.17, 15) is 13.2 Å². The van der Waals surface area contributed by atoms with E-state index >= 15 is 0 Å². The van der Waals surface area contributed by atoms with Gasteiger partial charge in [-0.2, -0.15) is 0 Å². The average Bonchev–Trinajstić information content (AvgIpc) is 2.37. The first-order valence-electron chi connectivity index (χ1n) is 6.29. The van der Waals surface area contributed by atoms with Gasteiger partial charge in [-0.3, -0.25) is 4.79 Å². The number of rotatable bonds is 2. The highest BCUT2D eigenvalue weighted by molar-refractivity contribution is 7.91. The van der Waals surface area contributed by atoms with Crippen LogP contribution in [0.3, 0.4) is 0 Å². The van der Waals surface area contributed by atoms with Gasteiger partial charge in [0, 0.05) is 18.3 Å². The number of amides is 1. The molecule has 1 aliphatic rings. The molecule has 6 nitrogen and oxygen atoms in total. The molecule has 20 heavy (non-hydrogen) atoms. The zero-order valence-corrected chi connectivity index (χ0v) is 12.3. The third-order valence-electron chi connectivity index (χ3n) is 3.39. The maximum atomic E-state index is 12.5. The van der Waals surface area contributed by atoms with Crippen LogP contribution < -0.4 is 10.5 Å². The number of benzene rings is 1. The molecule has 1 aromatic carbocycles. The highest BCUT2D eigenvalue weighted by atomic mass is 32.2. The van der Waals surface area contributed by atoms with Crippen molar-refractivity contribution < 1.29 is 17.9 Å². The van der Waals surface area contributed by atoms with Crippen molar-refractivity contribution in [1.82, 2.24) is 4.90 Å². The Balaban J connectivity index is 2.30. The van der Waals surface area contributed by atoms with Crippen LogP contribution in [0, 0.1) is 0 Å². The van der Waals surface area contributed by atoms with Crippen LogP contribution in [0.4, 0.5) is 5.69 Å². The second-order valence-electron chi connectivity index (χ2n) is 4.92. The summed E-state index contributed by atoms with van der Waals surface area (Å²) in [7, 11) is -1.58. The molecule has 0 bridgehead atoms. The molecule has 1 atom stereocenters. The molecule has 1 amide bonds. The Morgan fingerprint density at radius 1 is 1.45 bits per heavy atom. The van der Waals surface area contributed by atoms with Crippen LogP contribution in [0.2, 0.25) is 0 Å². The summed E-state index contributed by atoms with van der Waals surface area (Å²) >= 11 is 0. The monoisotopic (exact) mass is 298 g/mol.